The van der Waals surface area contributed by atoms with Crippen molar-refractivity contribution in [2.75, 3.05) is 18.1 Å². The van der Waals surface area contributed by atoms with Crippen molar-refractivity contribution < 1.29 is 13.2 Å². The quantitative estimate of drug-likeness (QED) is 0.722. The van der Waals surface area contributed by atoms with E-state index in [4.69, 9.17) is 5.73 Å². The summed E-state index contributed by atoms with van der Waals surface area (Å²) in [7, 11) is -2.99. The predicted molar refractivity (Wildman–Crippen MR) is 72.8 cm³/mol. The summed E-state index contributed by atoms with van der Waals surface area (Å²) in [5.41, 5.74) is 5.83. The van der Waals surface area contributed by atoms with Crippen LogP contribution >= 0.6 is 11.3 Å². The fourth-order valence-corrected chi connectivity index (χ4v) is 3.09. The Labute approximate surface area is 111 Å². The maximum Gasteiger partial charge on any atom is 0.182 e. The Balaban J connectivity index is 2.45. The molecule has 0 saturated heterocycles. The van der Waals surface area contributed by atoms with Gasteiger partial charge < -0.3 is 5.73 Å². The van der Waals surface area contributed by atoms with Crippen molar-refractivity contribution in [3.8, 4) is 0 Å². The van der Waals surface area contributed by atoms with Gasteiger partial charge in [-0.2, -0.15) is 0 Å². The number of sulfone groups is 1. The fourth-order valence-electron chi connectivity index (χ4n) is 1.40. The molecule has 0 aliphatic heterocycles. The van der Waals surface area contributed by atoms with Crippen LogP contribution in [-0.2, 0) is 16.3 Å². The van der Waals surface area contributed by atoms with Crippen LogP contribution in [0.4, 0.5) is 0 Å². The van der Waals surface area contributed by atoms with Gasteiger partial charge in [0.05, 0.1) is 10.8 Å². The number of carbonyl (C=O) groups excluding carboxylic acids is 1. The number of Topliss-reactive ketones (excluding diaryl/α,β-unsaturated/α-hetero) is 1. The molecule has 0 aliphatic carbocycles. The van der Waals surface area contributed by atoms with Crippen LogP contribution in [0.5, 0.6) is 0 Å². The monoisotopic (exact) mass is 290 g/mol. The zero-order valence-corrected chi connectivity index (χ0v) is 12.0. The molecule has 0 aromatic carbocycles. The van der Waals surface area contributed by atoms with Crippen molar-refractivity contribution in [2.45, 2.75) is 26.2 Å². The van der Waals surface area contributed by atoms with Crippen molar-refractivity contribution in [3.05, 3.63) is 16.1 Å². The third-order valence-corrected chi connectivity index (χ3v) is 5.19. The van der Waals surface area contributed by atoms with Gasteiger partial charge in [-0.3, -0.25) is 4.79 Å². The SMILES string of the molecule is CCS(=O)(=O)CCCC(=O)c1csc(CCN)n1. The summed E-state index contributed by atoms with van der Waals surface area (Å²) in [6.45, 7) is 2.12. The summed E-state index contributed by atoms with van der Waals surface area (Å²) in [6.07, 6.45) is 1.26. The molecule has 7 heteroatoms. The van der Waals surface area contributed by atoms with Crippen LogP contribution in [0.25, 0.3) is 0 Å². The lowest BCUT2D eigenvalue weighted by Crippen LogP contribution is -2.10. The Hall–Kier alpha value is -0.790. The molecular weight excluding hydrogens is 272 g/mol. The number of hydrogen-bond acceptors (Lipinski definition) is 6. The fraction of sp³-hybridized carbons (Fsp3) is 0.636. The lowest BCUT2D eigenvalue weighted by atomic mass is 10.2. The van der Waals surface area contributed by atoms with Crippen LogP contribution < -0.4 is 5.73 Å². The first kappa shape index (κ1) is 15.3. The summed E-state index contributed by atoms with van der Waals surface area (Å²) >= 11 is 1.42. The minimum atomic E-state index is -2.99. The summed E-state index contributed by atoms with van der Waals surface area (Å²) < 4.78 is 22.5. The molecule has 0 unspecified atom stereocenters. The third kappa shape index (κ3) is 4.83. The molecule has 0 amide bonds. The van der Waals surface area contributed by atoms with Crippen molar-refractivity contribution in [1.29, 1.82) is 0 Å². The number of ketones is 1. The van der Waals surface area contributed by atoms with Crippen LogP contribution in [0.1, 0.15) is 35.3 Å². The lowest BCUT2D eigenvalue weighted by Gasteiger charge is -1.99. The second-order valence-corrected chi connectivity index (χ2v) is 7.34. The van der Waals surface area contributed by atoms with E-state index in [9.17, 15) is 13.2 Å². The molecule has 1 rings (SSSR count). The van der Waals surface area contributed by atoms with Gasteiger partial charge in [0, 0.05) is 24.0 Å². The van der Waals surface area contributed by atoms with Gasteiger partial charge in [0.1, 0.15) is 15.5 Å². The summed E-state index contributed by atoms with van der Waals surface area (Å²) in [6, 6.07) is 0. The molecule has 0 fully saturated rings. The van der Waals surface area contributed by atoms with E-state index in [0.717, 1.165) is 5.01 Å². The van der Waals surface area contributed by atoms with Crippen LogP contribution in [0.2, 0.25) is 0 Å². The van der Waals surface area contributed by atoms with Crippen molar-refractivity contribution in [3.63, 3.8) is 0 Å². The topological polar surface area (TPSA) is 90.1 Å². The van der Waals surface area contributed by atoms with E-state index in [0.29, 0.717) is 25.1 Å². The van der Waals surface area contributed by atoms with Gasteiger partial charge in [-0.1, -0.05) is 6.92 Å². The van der Waals surface area contributed by atoms with Crippen LogP contribution in [0, 0.1) is 0 Å². The number of thiazole rings is 1. The molecule has 0 radical (unpaired) electrons. The largest absolute Gasteiger partial charge is 0.330 e. The van der Waals surface area contributed by atoms with E-state index in [-0.39, 0.29) is 23.7 Å². The van der Waals surface area contributed by atoms with E-state index in [1.54, 1.807) is 12.3 Å². The molecular formula is C11H18N2O3S2. The Morgan fingerprint density at radius 2 is 2.22 bits per heavy atom. The van der Waals surface area contributed by atoms with Gasteiger partial charge in [0.25, 0.3) is 0 Å². The molecule has 0 bridgehead atoms. The van der Waals surface area contributed by atoms with Gasteiger partial charge in [-0.15, -0.1) is 11.3 Å². The highest BCUT2D eigenvalue weighted by molar-refractivity contribution is 7.91. The highest BCUT2D eigenvalue weighted by atomic mass is 32.2. The average Bonchev–Trinajstić information content (AvgIpc) is 2.78. The number of hydrogen-bond donors (Lipinski definition) is 1. The molecule has 1 heterocycles. The van der Waals surface area contributed by atoms with E-state index in [2.05, 4.69) is 4.98 Å². The summed E-state index contributed by atoms with van der Waals surface area (Å²) in [5, 5.41) is 2.56. The van der Waals surface area contributed by atoms with Crippen LogP contribution in [0.15, 0.2) is 5.38 Å². The van der Waals surface area contributed by atoms with Gasteiger partial charge in [-0.05, 0) is 13.0 Å². The molecule has 18 heavy (non-hydrogen) atoms. The zero-order chi connectivity index (χ0) is 13.6. The number of rotatable bonds is 8. The number of nitrogens with zero attached hydrogens (tertiary/aromatic N) is 1. The molecule has 2 N–H and O–H groups in total. The first-order chi connectivity index (χ1) is 8.48. The van der Waals surface area contributed by atoms with Crippen LogP contribution in [-0.4, -0.2) is 37.2 Å². The maximum atomic E-state index is 11.8. The van der Waals surface area contributed by atoms with Crippen molar-refractivity contribution in [1.82, 2.24) is 4.98 Å². The Morgan fingerprint density at radius 1 is 1.50 bits per heavy atom. The standard InChI is InChI=1S/C11H18N2O3S2/c1-2-18(15,16)7-3-4-10(14)9-8-17-11(13-9)5-6-12/h8H,2-7,12H2,1H3. The highest BCUT2D eigenvalue weighted by Gasteiger charge is 2.13. The molecule has 0 spiro atoms. The zero-order valence-electron chi connectivity index (χ0n) is 10.4. The minimum absolute atomic E-state index is 0.0645. The van der Waals surface area contributed by atoms with E-state index in [1.807, 2.05) is 0 Å². The molecule has 102 valence electrons. The van der Waals surface area contributed by atoms with Gasteiger partial charge >= 0.3 is 0 Å². The Kier molecular flexibility index (Phi) is 5.90. The van der Waals surface area contributed by atoms with E-state index >= 15 is 0 Å². The van der Waals surface area contributed by atoms with E-state index < -0.39 is 9.84 Å². The summed E-state index contributed by atoms with van der Waals surface area (Å²) in [4.78, 5) is 15.9. The first-order valence-electron chi connectivity index (χ1n) is 5.86. The molecule has 1 aromatic heterocycles. The number of carbonyl (C=O) groups is 1. The molecule has 5 nitrogen and oxygen atoms in total. The second kappa shape index (κ2) is 6.96. The second-order valence-electron chi connectivity index (χ2n) is 3.93. The van der Waals surface area contributed by atoms with Crippen molar-refractivity contribution in [2.24, 2.45) is 5.73 Å². The highest BCUT2D eigenvalue weighted by Crippen LogP contribution is 2.13. The predicted octanol–water partition coefficient (Wildman–Crippen LogP) is 1.04. The lowest BCUT2D eigenvalue weighted by molar-refractivity contribution is 0.0977. The normalized spacial score (nSPS) is 11.7. The van der Waals surface area contributed by atoms with Gasteiger partial charge in [0.15, 0.2) is 5.78 Å². The molecule has 1 aromatic rings. The number of nitrogens with two attached hydrogens (primary N) is 1. The third-order valence-electron chi connectivity index (χ3n) is 2.49. The number of aromatic nitrogens is 1. The smallest absolute Gasteiger partial charge is 0.182 e. The molecule has 0 atom stereocenters. The van der Waals surface area contributed by atoms with Gasteiger partial charge in [-0.25, -0.2) is 13.4 Å². The van der Waals surface area contributed by atoms with Crippen LogP contribution in [0.3, 0.4) is 0 Å². The summed E-state index contributed by atoms with van der Waals surface area (Å²) in [5.74, 6) is 0.0916. The van der Waals surface area contributed by atoms with Gasteiger partial charge in [0.2, 0.25) is 0 Å². The van der Waals surface area contributed by atoms with E-state index in [1.165, 1.54) is 11.3 Å². The first-order valence-corrected chi connectivity index (χ1v) is 8.56. The average molecular weight is 290 g/mol. The Bertz CT molecular complexity index is 494. The minimum Gasteiger partial charge on any atom is -0.330 e. The van der Waals surface area contributed by atoms with Crippen molar-refractivity contribution >= 4 is 27.0 Å². The molecule has 0 aliphatic rings. The maximum absolute atomic E-state index is 11.8. The Morgan fingerprint density at radius 3 is 2.83 bits per heavy atom. The molecule has 0 saturated carbocycles.